The summed E-state index contributed by atoms with van der Waals surface area (Å²) in [5.74, 6) is 0.176. The number of nitrogens with two attached hydrogens (primary N) is 1. The van der Waals surface area contributed by atoms with Gasteiger partial charge in [-0.2, -0.15) is 0 Å². The van der Waals surface area contributed by atoms with E-state index in [9.17, 15) is 4.79 Å². The Morgan fingerprint density at radius 2 is 2.00 bits per heavy atom. The fourth-order valence-electron chi connectivity index (χ4n) is 2.19. The zero-order chi connectivity index (χ0) is 12.7. The molecule has 1 rings (SSSR count). The van der Waals surface area contributed by atoms with Gasteiger partial charge in [0.1, 0.15) is 0 Å². The first kappa shape index (κ1) is 14.4. The number of aliphatic hydroxyl groups excluding tert-OH is 1. The first-order chi connectivity index (χ1) is 8.17. The van der Waals surface area contributed by atoms with Crippen LogP contribution in [0, 0.1) is 0 Å². The Kier molecular flexibility index (Phi) is 6.47. The lowest BCUT2D eigenvalue weighted by Crippen LogP contribution is -2.50. The maximum atomic E-state index is 11.9. The summed E-state index contributed by atoms with van der Waals surface area (Å²) in [4.78, 5) is 16.0. The van der Waals surface area contributed by atoms with Crippen molar-refractivity contribution in [3.8, 4) is 0 Å². The molecule has 5 heteroatoms. The standard InChI is InChI=1S/C12H25N3O2/c1-2-3-11(13)10-12(17)15-6-4-14(5-7-15)8-9-16/h11,16H,2-10,13H2,1H3. The summed E-state index contributed by atoms with van der Waals surface area (Å²) in [6.45, 7) is 6.21. The molecule has 1 fully saturated rings. The summed E-state index contributed by atoms with van der Waals surface area (Å²) >= 11 is 0. The van der Waals surface area contributed by atoms with Gasteiger partial charge in [0.05, 0.1) is 6.61 Å². The van der Waals surface area contributed by atoms with Gasteiger partial charge in [0.15, 0.2) is 0 Å². The van der Waals surface area contributed by atoms with E-state index in [0.717, 1.165) is 39.0 Å². The first-order valence-corrected chi connectivity index (χ1v) is 6.54. The van der Waals surface area contributed by atoms with Crippen LogP contribution in [0.5, 0.6) is 0 Å². The van der Waals surface area contributed by atoms with Gasteiger partial charge >= 0.3 is 0 Å². The van der Waals surface area contributed by atoms with Crippen molar-refractivity contribution < 1.29 is 9.90 Å². The quantitative estimate of drug-likeness (QED) is 0.668. The summed E-state index contributed by atoms with van der Waals surface area (Å²) in [7, 11) is 0. The van der Waals surface area contributed by atoms with E-state index in [1.807, 2.05) is 4.90 Å². The fraction of sp³-hybridized carbons (Fsp3) is 0.917. The van der Waals surface area contributed by atoms with Gasteiger partial charge in [-0.15, -0.1) is 0 Å². The van der Waals surface area contributed by atoms with Crippen molar-refractivity contribution in [1.82, 2.24) is 9.80 Å². The molecule has 1 heterocycles. The second-order valence-corrected chi connectivity index (χ2v) is 4.70. The molecule has 0 saturated carbocycles. The van der Waals surface area contributed by atoms with Crippen molar-refractivity contribution in [1.29, 1.82) is 0 Å². The zero-order valence-corrected chi connectivity index (χ0v) is 10.8. The monoisotopic (exact) mass is 243 g/mol. The van der Waals surface area contributed by atoms with Crippen LogP contribution in [0.15, 0.2) is 0 Å². The molecule has 1 atom stereocenters. The highest BCUT2D eigenvalue weighted by Crippen LogP contribution is 2.06. The maximum Gasteiger partial charge on any atom is 0.224 e. The van der Waals surface area contributed by atoms with Gasteiger partial charge in [-0.25, -0.2) is 0 Å². The van der Waals surface area contributed by atoms with Gasteiger partial charge < -0.3 is 15.7 Å². The number of rotatable bonds is 6. The molecular formula is C12H25N3O2. The fourth-order valence-corrected chi connectivity index (χ4v) is 2.19. The summed E-state index contributed by atoms with van der Waals surface area (Å²) in [6, 6.07) is 0.00275. The van der Waals surface area contributed by atoms with Crippen LogP contribution in [0.3, 0.4) is 0 Å². The van der Waals surface area contributed by atoms with Gasteiger partial charge in [-0.05, 0) is 6.42 Å². The van der Waals surface area contributed by atoms with Crippen molar-refractivity contribution in [2.24, 2.45) is 5.73 Å². The number of aliphatic hydroxyl groups is 1. The van der Waals surface area contributed by atoms with Crippen molar-refractivity contribution >= 4 is 5.91 Å². The number of hydrogen-bond donors (Lipinski definition) is 2. The third-order valence-corrected chi connectivity index (χ3v) is 3.24. The van der Waals surface area contributed by atoms with E-state index in [-0.39, 0.29) is 18.6 Å². The zero-order valence-electron chi connectivity index (χ0n) is 10.8. The first-order valence-electron chi connectivity index (χ1n) is 6.54. The van der Waals surface area contributed by atoms with Crippen molar-refractivity contribution in [2.45, 2.75) is 32.2 Å². The summed E-state index contributed by atoms with van der Waals surface area (Å²) < 4.78 is 0. The van der Waals surface area contributed by atoms with Crippen LogP contribution in [-0.4, -0.2) is 66.2 Å². The lowest BCUT2D eigenvalue weighted by Gasteiger charge is -2.34. The van der Waals surface area contributed by atoms with Gasteiger partial charge in [0.25, 0.3) is 0 Å². The third-order valence-electron chi connectivity index (χ3n) is 3.24. The average molecular weight is 243 g/mol. The number of piperazine rings is 1. The van der Waals surface area contributed by atoms with Gasteiger partial charge in [-0.1, -0.05) is 13.3 Å². The van der Waals surface area contributed by atoms with Gasteiger partial charge in [0, 0.05) is 45.2 Å². The molecule has 100 valence electrons. The Hall–Kier alpha value is -0.650. The third kappa shape index (κ3) is 5.02. The summed E-state index contributed by atoms with van der Waals surface area (Å²) in [5, 5.41) is 8.83. The molecule has 1 saturated heterocycles. The molecule has 3 N–H and O–H groups in total. The Morgan fingerprint density at radius 3 is 2.53 bits per heavy atom. The summed E-state index contributed by atoms with van der Waals surface area (Å²) in [6.07, 6.45) is 2.41. The molecule has 0 spiro atoms. The molecule has 0 aromatic carbocycles. The normalized spacial score (nSPS) is 19.4. The van der Waals surface area contributed by atoms with E-state index in [4.69, 9.17) is 10.8 Å². The van der Waals surface area contributed by atoms with E-state index in [1.165, 1.54) is 0 Å². The van der Waals surface area contributed by atoms with Crippen LogP contribution in [0.1, 0.15) is 26.2 Å². The number of nitrogens with zero attached hydrogens (tertiary/aromatic N) is 2. The molecule has 0 aromatic rings. The highest BCUT2D eigenvalue weighted by atomic mass is 16.3. The van der Waals surface area contributed by atoms with Crippen LogP contribution in [0.2, 0.25) is 0 Å². The van der Waals surface area contributed by atoms with Crippen molar-refractivity contribution in [3.05, 3.63) is 0 Å². The topological polar surface area (TPSA) is 69.8 Å². The number of β-amino-alcohol motifs (C(OH)–C–C–N with tert-alkyl or cyclic N) is 1. The lowest BCUT2D eigenvalue weighted by molar-refractivity contribution is -0.133. The number of hydrogen-bond acceptors (Lipinski definition) is 4. The van der Waals surface area contributed by atoms with E-state index in [0.29, 0.717) is 13.0 Å². The molecule has 0 aliphatic carbocycles. The van der Waals surface area contributed by atoms with E-state index in [1.54, 1.807) is 0 Å². The van der Waals surface area contributed by atoms with E-state index >= 15 is 0 Å². The molecular weight excluding hydrogens is 218 g/mol. The Balaban J connectivity index is 2.25. The molecule has 1 unspecified atom stereocenters. The Labute approximate surface area is 104 Å². The van der Waals surface area contributed by atoms with E-state index in [2.05, 4.69) is 11.8 Å². The number of amides is 1. The van der Waals surface area contributed by atoms with Crippen LogP contribution in [0.4, 0.5) is 0 Å². The minimum atomic E-state index is 0.00275. The van der Waals surface area contributed by atoms with Crippen LogP contribution < -0.4 is 5.73 Å². The Bertz CT molecular complexity index is 228. The smallest absolute Gasteiger partial charge is 0.224 e. The Morgan fingerprint density at radius 1 is 1.35 bits per heavy atom. The molecule has 1 aliphatic rings. The lowest BCUT2D eigenvalue weighted by atomic mass is 10.1. The molecule has 17 heavy (non-hydrogen) atoms. The van der Waals surface area contributed by atoms with Crippen LogP contribution >= 0.6 is 0 Å². The largest absolute Gasteiger partial charge is 0.395 e. The minimum absolute atomic E-state index is 0.00275. The van der Waals surface area contributed by atoms with Crippen LogP contribution in [-0.2, 0) is 4.79 Å². The van der Waals surface area contributed by atoms with E-state index < -0.39 is 0 Å². The van der Waals surface area contributed by atoms with Gasteiger partial charge in [-0.3, -0.25) is 9.69 Å². The maximum absolute atomic E-state index is 11.9. The van der Waals surface area contributed by atoms with Gasteiger partial charge in [0.2, 0.25) is 5.91 Å². The number of carbonyl (C=O) groups is 1. The summed E-state index contributed by atoms with van der Waals surface area (Å²) in [5.41, 5.74) is 5.88. The number of carbonyl (C=O) groups excluding carboxylic acids is 1. The molecule has 1 aliphatic heterocycles. The van der Waals surface area contributed by atoms with Crippen molar-refractivity contribution in [3.63, 3.8) is 0 Å². The molecule has 0 aromatic heterocycles. The molecule has 0 bridgehead atoms. The predicted octanol–water partition coefficient (Wildman–Crippen LogP) is -0.360. The second-order valence-electron chi connectivity index (χ2n) is 4.70. The highest BCUT2D eigenvalue weighted by Gasteiger charge is 2.21. The minimum Gasteiger partial charge on any atom is -0.395 e. The molecule has 0 radical (unpaired) electrons. The highest BCUT2D eigenvalue weighted by molar-refractivity contribution is 5.76. The second kappa shape index (κ2) is 7.63. The average Bonchev–Trinajstić information content (AvgIpc) is 2.30. The van der Waals surface area contributed by atoms with Crippen molar-refractivity contribution in [2.75, 3.05) is 39.3 Å². The molecule has 1 amide bonds. The SMILES string of the molecule is CCCC(N)CC(=O)N1CCN(CCO)CC1. The molecule has 5 nitrogen and oxygen atoms in total. The van der Waals surface area contributed by atoms with Crippen LogP contribution in [0.25, 0.3) is 0 Å². The predicted molar refractivity (Wildman–Crippen MR) is 67.6 cm³/mol.